The summed E-state index contributed by atoms with van der Waals surface area (Å²) in [5, 5.41) is 7.06. The first-order valence-electron chi connectivity index (χ1n) is 9.46. The first-order chi connectivity index (χ1) is 13.7. The zero-order valence-corrected chi connectivity index (χ0v) is 15.5. The zero-order chi connectivity index (χ0) is 19.3. The van der Waals surface area contributed by atoms with Gasteiger partial charge in [0.2, 0.25) is 0 Å². The molecule has 0 aliphatic carbocycles. The molecule has 2 aromatic carbocycles. The molecular formula is C22H22N4O2. The van der Waals surface area contributed by atoms with Gasteiger partial charge in [-0.05, 0) is 54.8 Å². The van der Waals surface area contributed by atoms with Crippen molar-refractivity contribution in [2.24, 2.45) is 0 Å². The van der Waals surface area contributed by atoms with Crippen molar-refractivity contribution in [2.45, 2.75) is 19.4 Å². The molecule has 0 bridgehead atoms. The number of anilines is 1. The Labute approximate surface area is 163 Å². The molecular weight excluding hydrogens is 352 g/mol. The minimum absolute atomic E-state index is 0.0246. The van der Waals surface area contributed by atoms with Gasteiger partial charge in [0.05, 0.1) is 6.54 Å². The average Bonchev–Trinajstić information content (AvgIpc) is 3.42. The van der Waals surface area contributed by atoms with Gasteiger partial charge >= 0.3 is 0 Å². The van der Waals surface area contributed by atoms with E-state index in [1.54, 1.807) is 42.6 Å². The second-order valence-electron chi connectivity index (χ2n) is 6.93. The molecule has 0 atom stereocenters. The number of benzene rings is 2. The van der Waals surface area contributed by atoms with Gasteiger partial charge in [0, 0.05) is 42.3 Å². The maximum atomic E-state index is 12.6. The van der Waals surface area contributed by atoms with E-state index in [9.17, 15) is 9.59 Å². The second kappa shape index (κ2) is 8.08. The van der Waals surface area contributed by atoms with Crippen LogP contribution in [0, 0.1) is 0 Å². The predicted octanol–water partition coefficient (Wildman–Crippen LogP) is 3.42. The van der Waals surface area contributed by atoms with E-state index in [1.807, 2.05) is 34.0 Å². The Bertz CT molecular complexity index is 958. The normalized spacial score (nSPS) is 13.5. The molecule has 0 saturated carbocycles. The van der Waals surface area contributed by atoms with Crippen LogP contribution in [-0.2, 0) is 6.54 Å². The number of rotatable bonds is 5. The molecule has 2 heterocycles. The number of likely N-dealkylation sites (tertiary alicyclic amines) is 1. The highest BCUT2D eigenvalue weighted by Gasteiger charge is 2.19. The number of carbonyl (C=O) groups excluding carboxylic acids is 2. The Hall–Kier alpha value is -3.41. The van der Waals surface area contributed by atoms with Crippen LogP contribution in [0.25, 0.3) is 0 Å². The van der Waals surface area contributed by atoms with Gasteiger partial charge in [0.15, 0.2) is 0 Å². The van der Waals surface area contributed by atoms with Crippen molar-refractivity contribution in [3.8, 4) is 0 Å². The van der Waals surface area contributed by atoms with Gasteiger partial charge in [-0.2, -0.15) is 5.10 Å². The number of hydrogen-bond acceptors (Lipinski definition) is 3. The van der Waals surface area contributed by atoms with Gasteiger partial charge in [-0.25, -0.2) is 0 Å². The van der Waals surface area contributed by atoms with E-state index in [1.165, 1.54) is 0 Å². The first kappa shape index (κ1) is 18.0. The molecule has 1 aliphatic rings. The van der Waals surface area contributed by atoms with Crippen LogP contribution in [0.15, 0.2) is 67.0 Å². The van der Waals surface area contributed by atoms with Crippen LogP contribution in [0.3, 0.4) is 0 Å². The third-order valence-corrected chi connectivity index (χ3v) is 4.88. The Morgan fingerprint density at radius 3 is 2.46 bits per heavy atom. The van der Waals surface area contributed by atoms with Crippen LogP contribution in [0.5, 0.6) is 0 Å². The van der Waals surface area contributed by atoms with Gasteiger partial charge in [-0.15, -0.1) is 0 Å². The molecule has 0 unspecified atom stereocenters. The lowest BCUT2D eigenvalue weighted by Crippen LogP contribution is -2.27. The molecule has 0 spiro atoms. The summed E-state index contributed by atoms with van der Waals surface area (Å²) < 4.78 is 1.83. The standard InChI is InChI=1S/C22H22N4O2/c27-21(18-9-7-17(8-10-18)16-26-14-4-11-23-26)24-20-6-3-5-19(15-20)22(28)25-12-1-2-13-25/h3-11,14-15H,1-2,12-13,16H2,(H,24,27). The smallest absolute Gasteiger partial charge is 0.255 e. The molecule has 1 aliphatic heterocycles. The lowest BCUT2D eigenvalue weighted by atomic mass is 10.1. The molecule has 28 heavy (non-hydrogen) atoms. The molecule has 2 amide bonds. The molecule has 6 heteroatoms. The summed E-state index contributed by atoms with van der Waals surface area (Å²) >= 11 is 0. The number of nitrogens with one attached hydrogen (secondary N) is 1. The summed E-state index contributed by atoms with van der Waals surface area (Å²) in [5.41, 5.74) is 2.86. The third-order valence-electron chi connectivity index (χ3n) is 4.88. The van der Waals surface area contributed by atoms with Gasteiger partial charge in [0.25, 0.3) is 11.8 Å². The fourth-order valence-electron chi connectivity index (χ4n) is 3.38. The molecule has 142 valence electrons. The zero-order valence-electron chi connectivity index (χ0n) is 15.5. The Balaban J connectivity index is 1.41. The lowest BCUT2D eigenvalue weighted by Gasteiger charge is -2.15. The van der Waals surface area contributed by atoms with Crippen molar-refractivity contribution in [3.63, 3.8) is 0 Å². The summed E-state index contributed by atoms with van der Waals surface area (Å²) in [4.78, 5) is 26.9. The highest BCUT2D eigenvalue weighted by Crippen LogP contribution is 2.17. The maximum Gasteiger partial charge on any atom is 0.255 e. The first-order valence-corrected chi connectivity index (χ1v) is 9.46. The Kier molecular flexibility index (Phi) is 5.19. The van der Waals surface area contributed by atoms with E-state index in [-0.39, 0.29) is 11.8 Å². The molecule has 1 aromatic heterocycles. The van der Waals surface area contributed by atoms with Crippen LogP contribution >= 0.6 is 0 Å². The predicted molar refractivity (Wildman–Crippen MR) is 107 cm³/mol. The van der Waals surface area contributed by atoms with E-state index in [0.29, 0.717) is 23.4 Å². The Morgan fingerprint density at radius 2 is 1.75 bits per heavy atom. The lowest BCUT2D eigenvalue weighted by molar-refractivity contribution is 0.0792. The van der Waals surface area contributed by atoms with Crippen LogP contribution in [0.4, 0.5) is 5.69 Å². The van der Waals surface area contributed by atoms with E-state index >= 15 is 0 Å². The van der Waals surface area contributed by atoms with Crippen molar-refractivity contribution in [1.82, 2.24) is 14.7 Å². The van der Waals surface area contributed by atoms with Crippen molar-refractivity contribution in [2.75, 3.05) is 18.4 Å². The maximum absolute atomic E-state index is 12.6. The van der Waals surface area contributed by atoms with Crippen molar-refractivity contribution in [3.05, 3.63) is 83.7 Å². The second-order valence-corrected chi connectivity index (χ2v) is 6.93. The number of hydrogen-bond donors (Lipinski definition) is 1. The summed E-state index contributed by atoms with van der Waals surface area (Å²) in [6, 6.07) is 16.4. The highest BCUT2D eigenvalue weighted by atomic mass is 16.2. The fourth-order valence-corrected chi connectivity index (χ4v) is 3.38. The number of amides is 2. The topological polar surface area (TPSA) is 67.2 Å². The summed E-state index contributed by atoms with van der Waals surface area (Å²) in [7, 11) is 0. The van der Waals surface area contributed by atoms with Crippen molar-refractivity contribution in [1.29, 1.82) is 0 Å². The Morgan fingerprint density at radius 1 is 0.964 bits per heavy atom. The minimum Gasteiger partial charge on any atom is -0.339 e. The van der Waals surface area contributed by atoms with Crippen LogP contribution in [0.1, 0.15) is 39.1 Å². The van der Waals surface area contributed by atoms with E-state index < -0.39 is 0 Å². The molecule has 6 nitrogen and oxygen atoms in total. The third kappa shape index (κ3) is 4.11. The van der Waals surface area contributed by atoms with Gasteiger partial charge < -0.3 is 10.2 Å². The molecule has 1 saturated heterocycles. The number of carbonyl (C=O) groups is 2. The molecule has 1 N–H and O–H groups in total. The van der Waals surface area contributed by atoms with E-state index in [0.717, 1.165) is 31.5 Å². The minimum atomic E-state index is -0.198. The summed E-state index contributed by atoms with van der Waals surface area (Å²) in [6.07, 6.45) is 5.75. The van der Waals surface area contributed by atoms with Gasteiger partial charge in [-0.1, -0.05) is 18.2 Å². The fraction of sp³-hybridized carbons (Fsp3) is 0.227. The molecule has 0 radical (unpaired) electrons. The van der Waals surface area contributed by atoms with Crippen LogP contribution in [-0.4, -0.2) is 39.6 Å². The quantitative estimate of drug-likeness (QED) is 0.744. The van der Waals surface area contributed by atoms with Gasteiger partial charge in [-0.3, -0.25) is 14.3 Å². The van der Waals surface area contributed by atoms with Crippen LogP contribution in [0.2, 0.25) is 0 Å². The molecule has 3 aromatic rings. The van der Waals surface area contributed by atoms with Crippen LogP contribution < -0.4 is 5.32 Å². The van der Waals surface area contributed by atoms with Crippen molar-refractivity contribution >= 4 is 17.5 Å². The monoisotopic (exact) mass is 374 g/mol. The van der Waals surface area contributed by atoms with Gasteiger partial charge in [0.1, 0.15) is 0 Å². The van der Waals surface area contributed by atoms with Crippen molar-refractivity contribution < 1.29 is 9.59 Å². The molecule has 1 fully saturated rings. The van der Waals surface area contributed by atoms with E-state index in [4.69, 9.17) is 0 Å². The summed E-state index contributed by atoms with van der Waals surface area (Å²) in [5.74, 6) is -0.173. The van der Waals surface area contributed by atoms with E-state index in [2.05, 4.69) is 10.4 Å². The SMILES string of the molecule is O=C(Nc1cccc(C(=O)N2CCCC2)c1)c1ccc(Cn2cccn2)cc1. The number of aromatic nitrogens is 2. The summed E-state index contributed by atoms with van der Waals surface area (Å²) in [6.45, 7) is 2.27. The number of nitrogens with zero attached hydrogens (tertiary/aromatic N) is 3. The largest absolute Gasteiger partial charge is 0.339 e. The highest BCUT2D eigenvalue weighted by molar-refractivity contribution is 6.05. The average molecular weight is 374 g/mol. The molecule has 4 rings (SSSR count).